The first kappa shape index (κ1) is 7.67. The van der Waals surface area contributed by atoms with E-state index < -0.39 is 0 Å². The van der Waals surface area contributed by atoms with Crippen molar-refractivity contribution in [2.24, 2.45) is 0 Å². The lowest BCUT2D eigenvalue weighted by Crippen LogP contribution is -1.92. The first-order chi connectivity index (χ1) is 4.79. The standard InChI is InChI=1S/C8H11ClO/c1-7(9)4-5-8-3-2-6-10-8/h2-3,6-7H,4-5H2,1H3. The molecule has 1 rings (SSSR count). The number of furan rings is 1. The maximum Gasteiger partial charge on any atom is 0.103 e. The fraction of sp³-hybridized carbons (Fsp3) is 0.500. The summed E-state index contributed by atoms with van der Waals surface area (Å²) in [6, 6.07) is 3.87. The quantitative estimate of drug-likeness (QED) is 0.617. The van der Waals surface area contributed by atoms with Gasteiger partial charge in [0.15, 0.2) is 0 Å². The van der Waals surface area contributed by atoms with Crippen LogP contribution in [0, 0.1) is 0 Å². The molecule has 10 heavy (non-hydrogen) atoms. The summed E-state index contributed by atoms with van der Waals surface area (Å²) in [7, 11) is 0. The molecule has 0 aliphatic carbocycles. The highest BCUT2D eigenvalue weighted by Gasteiger charge is 1.98. The van der Waals surface area contributed by atoms with Crippen molar-refractivity contribution in [3.63, 3.8) is 0 Å². The van der Waals surface area contributed by atoms with Crippen molar-refractivity contribution in [1.29, 1.82) is 0 Å². The van der Waals surface area contributed by atoms with E-state index in [0.717, 1.165) is 18.6 Å². The molecule has 0 saturated carbocycles. The summed E-state index contributed by atoms with van der Waals surface area (Å²) in [4.78, 5) is 0. The largest absolute Gasteiger partial charge is 0.469 e. The summed E-state index contributed by atoms with van der Waals surface area (Å²) < 4.78 is 5.13. The summed E-state index contributed by atoms with van der Waals surface area (Å²) in [6.07, 6.45) is 3.61. The molecule has 2 heteroatoms. The summed E-state index contributed by atoms with van der Waals surface area (Å²) in [5, 5.41) is 0.241. The molecule has 0 spiro atoms. The minimum absolute atomic E-state index is 0.241. The van der Waals surface area contributed by atoms with Gasteiger partial charge in [-0.25, -0.2) is 0 Å². The SMILES string of the molecule is CC(Cl)CCc1ccco1. The van der Waals surface area contributed by atoms with Crippen molar-refractivity contribution in [1.82, 2.24) is 0 Å². The number of aryl methyl sites for hydroxylation is 1. The predicted molar refractivity (Wildman–Crippen MR) is 42.3 cm³/mol. The Morgan fingerprint density at radius 3 is 3.00 bits per heavy atom. The normalized spacial score (nSPS) is 13.4. The maximum atomic E-state index is 5.75. The average molecular weight is 159 g/mol. The molecule has 1 nitrogen and oxygen atoms in total. The first-order valence-corrected chi connectivity index (χ1v) is 3.89. The van der Waals surface area contributed by atoms with Gasteiger partial charge in [0.25, 0.3) is 0 Å². The van der Waals surface area contributed by atoms with E-state index in [1.807, 2.05) is 19.1 Å². The second-order valence-electron chi connectivity index (χ2n) is 2.40. The van der Waals surface area contributed by atoms with Gasteiger partial charge in [0.1, 0.15) is 5.76 Å². The van der Waals surface area contributed by atoms with Crippen LogP contribution in [-0.4, -0.2) is 5.38 Å². The molecule has 0 aromatic carbocycles. The van der Waals surface area contributed by atoms with Crippen molar-refractivity contribution < 1.29 is 4.42 Å². The van der Waals surface area contributed by atoms with Crippen LogP contribution in [0.15, 0.2) is 22.8 Å². The van der Waals surface area contributed by atoms with Crippen molar-refractivity contribution in [2.45, 2.75) is 25.1 Å². The third kappa shape index (κ3) is 2.44. The van der Waals surface area contributed by atoms with Gasteiger partial charge in [-0.05, 0) is 25.5 Å². The van der Waals surface area contributed by atoms with Gasteiger partial charge in [-0.15, -0.1) is 11.6 Å². The monoisotopic (exact) mass is 158 g/mol. The summed E-state index contributed by atoms with van der Waals surface area (Å²) >= 11 is 5.75. The van der Waals surface area contributed by atoms with Gasteiger partial charge in [-0.2, -0.15) is 0 Å². The van der Waals surface area contributed by atoms with E-state index in [9.17, 15) is 0 Å². The number of hydrogen-bond acceptors (Lipinski definition) is 1. The van der Waals surface area contributed by atoms with Gasteiger partial charge in [0, 0.05) is 11.8 Å². The van der Waals surface area contributed by atoms with E-state index in [0.29, 0.717) is 0 Å². The molecule has 1 heterocycles. The van der Waals surface area contributed by atoms with Gasteiger partial charge in [0.2, 0.25) is 0 Å². The third-order valence-corrected chi connectivity index (χ3v) is 1.59. The molecule has 0 fully saturated rings. The Hall–Kier alpha value is -0.430. The number of alkyl halides is 1. The molecule has 1 aromatic heterocycles. The lowest BCUT2D eigenvalue weighted by Gasteiger charge is -1.97. The van der Waals surface area contributed by atoms with Crippen molar-refractivity contribution in [3.05, 3.63) is 24.2 Å². The molecule has 1 atom stereocenters. The Morgan fingerprint density at radius 2 is 2.50 bits per heavy atom. The predicted octanol–water partition coefficient (Wildman–Crippen LogP) is 2.84. The van der Waals surface area contributed by atoms with Gasteiger partial charge in [-0.1, -0.05) is 0 Å². The van der Waals surface area contributed by atoms with E-state index in [1.54, 1.807) is 6.26 Å². The third-order valence-electron chi connectivity index (χ3n) is 1.37. The first-order valence-electron chi connectivity index (χ1n) is 3.45. The number of rotatable bonds is 3. The van der Waals surface area contributed by atoms with E-state index in [2.05, 4.69) is 0 Å². The average Bonchev–Trinajstić information content (AvgIpc) is 2.34. The van der Waals surface area contributed by atoms with Crippen LogP contribution >= 0.6 is 11.6 Å². The van der Waals surface area contributed by atoms with Crippen LogP contribution < -0.4 is 0 Å². The lowest BCUT2D eigenvalue weighted by atomic mass is 10.2. The summed E-state index contributed by atoms with van der Waals surface area (Å²) in [6.45, 7) is 1.99. The summed E-state index contributed by atoms with van der Waals surface area (Å²) in [5.74, 6) is 1.02. The zero-order chi connectivity index (χ0) is 7.40. The molecule has 56 valence electrons. The zero-order valence-electron chi connectivity index (χ0n) is 6.01. The minimum atomic E-state index is 0.241. The van der Waals surface area contributed by atoms with Crippen LogP contribution in [0.1, 0.15) is 19.1 Å². The van der Waals surface area contributed by atoms with Gasteiger partial charge >= 0.3 is 0 Å². The topological polar surface area (TPSA) is 13.1 Å². The second-order valence-corrected chi connectivity index (χ2v) is 3.14. The molecule has 0 N–H and O–H groups in total. The molecule has 1 aromatic rings. The molecule has 0 aliphatic heterocycles. The Balaban J connectivity index is 2.28. The van der Waals surface area contributed by atoms with Crippen molar-refractivity contribution in [3.8, 4) is 0 Å². The number of hydrogen-bond donors (Lipinski definition) is 0. The zero-order valence-corrected chi connectivity index (χ0v) is 6.77. The summed E-state index contributed by atoms with van der Waals surface area (Å²) in [5.41, 5.74) is 0. The molecule has 0 aliphatic rings. The minimum Gasteiger partial charge on any atom is -0.469 e. The Bertz CT molecular complexity index is 167. The second kappa shape index (κ2) is 3.67. The fourth-order valence-corrected chi connectivity index (χ4v) is 0.905. The molecule has 1 unspecified atom stereocenters. The van der Waals surface area contributed by atoms with Gasteiger partial charge < -0.3 is 4.42 Å². The van der Waals surface area contributed by atoms with Crippen LogP contribution in [0.5, 0.6) is 0 Å². The molecule has 0 bridgehead atoms. The fourth-order valence-electron chi connectivity index (χ4n) is 0.796. The van der Waals surface area contributed by atoms with Gasteiger partial charge in [-0.3, -0.25) is 0 Å². The highest BCUT2D eigenvalue weighted by Crippen LogP contribution is 2.08. The molecule has 0 saturated heterocycles. The van der Waals surface area contributed by atoms with Crippen LogP contribution in [0.4, 0.5) is 0 Å². The van der Waals surface area contributed by atoms with Crippen LogP contribution in [0.3, 0.4) is 0 Å². The van der Waals surface area contributed by atoms with Crippen LogP contribution in [0.2, 0.25) is 0 Å². The van der Waals surface area contributed by atoms with Crippen LogP contribution in [-0.2, 0) is 6.42 Å². The van der Waals surface area contributed by atoms with E-state index >= 15 is 0 Å². The van der Waals surface area contributed by atoms with E-state index in [-0.39, 0.29) is 5.38 Å². The van der Waals surface area contributed by atoms with E-state index in [1.165, 1.54) is 0 Å². The molecule has 0 radical (unpaired) electrons. The van der Waals surface area contributed by atoms with Crippen molar-refractivity contribution >= 4 is 11.6 Å². The van der Waals surface area contributed by atoms with E-state index in [4.69, 9.17) is 16.0 Å². The molecular weight excluding hydrogens is 148 g/mol. The smallest absolute Gasteiger partial charge is 0.103 e. The Morgan fingerprint density at radius 1 is 1.70 bits per heavy atom. The number of halogens is 1. The Labute approximate surface area is 66.0 Å². The molecular formula is C8H11ClO. The Kier molecular flexibility index (Phi) is 2.82. The highest BCUT2D eigenvalue weighted by molar-refractivity contribution is 6.20. The highest BCUT2D eigenvalue weighted by atomic mass is 35.5. The lowest BCUT2D eigenvalue weighted by molar-refractivity contribution is 0.501. The molecule has 0 amide bonds. The van der Waals surface area contributed by atoms with Crippen molar-refractivity contribution in [2.75, 3.05) is 0 Å². The maximum absolute atomic E-state index is 5.75. The van der Waals surface area contributed by atoms with Gasteiger partial charge in [0.05, 0.1) is 6.26 Å². The van der Waals surface area contributed by atoms with Crippen LogP contribution in [0.25, 0.3) is 0 Å².